The lowest BCUT2D eigenvalue weighted by molar-refractivity contribution is -0.151. The van der Waals surface area contributed by atoms with Crippen LogP contribution in [0.2, 0.25) is 0 Å². The van der Waals surface area contributed by atoms with Crippen molar-refractivity contribution >= 4 is 12.0 Å². The van der Waals surface area contributed by atoms with Crippen molar-refractivity contribution in [2.45, 2.75) is 20.0 Å². The molecule has 0 radical (unpaired) electrons. The van der Waals surface area contributed by atoms with Crippen molar-refractivity contribution < 1.29 is 36.2 Å². The van der Waals surface area contributed by atoms with Crippen LogP contribution in [-0.4, -0.2) is 11.0 Å². The molecule has 2 unspecified atom stereocenters. The summed E-state index contributed by atoms with van der Waals surface area (Å²) < 4.78 is 79.1. The van der Waals surface area contributed by atoms with Crippen LogP contribution in [0, 0.1) is 52.3 Å². The molecule has 0 aliphatic rings. The molecule has 0 N–H and O–H groups in total. The van der Waals surface area contributed by atoms with Crippen LogP contribution in [0.3, 0.4) is 0 Å². The van der Waals surface area contributed by atoms with E-state index in [0.717, 1.165) is 6.08 Å². The van der Waals surface area contributed by atoms with E-state index in [1.807, 2.05) is 0 Å². The average Bonchev–Trinajstić information content (AvgIpc) is 2.87. The lowest BCUT2D eigenvalue weighted by Gasteiger charge is -2.18. The Morgan fingerprint density at radius 3 is 2.11 bits per heavy atom. The van der Waals surface area contributed by atoms with Gasteiger partial charge in [0.1, 0.15) is 11.8 Å². The highest BCUT2D eigenvalue weighted by molar-refractivity contribution is 5.76. The molecule has 3 rings (SSSR count). The van der Waals surface area contributed by atoms with E-state index in [2.05, 4.69) is 4.98 Å². The summed E-state index contributed by atoms with van der Waals surface area (Å²) in [6.07, 6.45) is 0.124. The fraction of sp³-hybridized carbons (Fsp3) is 0.192. The molecule has 0 spiro atoms. The highest BCUT2D eigenvalue weighted by Crippen LogP contribution is 2.27. The first-order valence-corrected chi connectivity index (χ1v) is 10.6. The van der Waals surface area contributed by atoms with Gasteiger partial charge in [0.25, 0.3) is 0 Å². The first-order valence-electron chi connectivity index (χ1n) is 10.6. The fourth-order valence-corrected chi connectivity index (χ4v) is 3.13. The van der Waals surface area contributed by atoms with Crippen molar-refractivity contribution in [2.75, 3.05) is 0 Å². The van der Waals surface area contributed by atoms with E-state index >= 15 is 0 Å². The number of nitrogens with zero attached hydrogens (tertiary/aromatic N) is 2. The Labute approximate surface area is 203 Å². The number of para-hydroxylation sites is 1. The third kappa shape index (κ3) is 5.86. The van der Waals surface area contributed by atoms with Crippen LogP contribution in [0.15, 0.2) is 54.6 Å². The highest BCUT2D eigenvalue weighted by Gasteiger charge is 2.28. The number of aromatic nitrogens is 1. The number of rotatable bonds is 8. The maximum Gasteiger partial charge on any atom is 0.314 e. The van der Waals surface area contributed by atoms with Gasteiger partial charge in [-0.3, -0.25) is 4.79 Å². The van der Waals surface area contributed by atoms with Gasteiger partial charge >= 0.3 is 5.97 Å². The van der Waals surface area contributed by atoms with Gasteiger partial charge in [0.15, 0.2) is 23.3 Å². The maximum absolute atomic E-state index is 14.0. The van der Waals surface area contributed by atoms with Crippen LogP contribution in [0.1, 0.15) is 31.2 Å². The Bertz CT molecular complexity index is 1290. The lowest BCUT2D eigenvalue weighted by atomic mass is 9.94. The standard InChI is InChI=1S/C26H19F5N2O3/c1-14(2)16(11-12-17-21(27)23(29)25(31)24(30)22(17)28)26(34)36-19(13-32)18-9-6-10-20(33-18)35-15-7-4-3-5-8-15/h3-12,14,16,19H,1-2H3. The molecular formula is C26H19F5N2O3. The van der Waals surface area contributed by atoms with E-state index < -0.39 is 58.6 Å². The van der Waals surface area contributed by atoms with Crippen LogP contribution in [-0.2, 0) is 9.53 Å². The highest BCUT2D eigenvalue weighted by atomic mass is 19.2. The molecule has 0 bridgehead atoms. The smallest absolute Gasteiger partial charge is 0.314 e. The van der Waals surface area contributed by atoms with Gasteiger partial charge in [0, 0.05) is 6.07 Å². The summed E-state index contributed by atoms with van der Waals surface area (Å²) in [4.78, 5) is 17.0. The topological polar surface area (TPSA) is 72.2 Å². The second-order valence-corrected chi connectivity index (χ2v) is 7.87. The van der Waals surface area contributed by atoms with Crippen molar-refractivity contribution in [1.82, 2.24) is 4.98 Å². The SMILES string of the molecule is CC(C)C(C=Cc1c(F)c(F)c(F)c(F)c1F)C(=O)OC(C#N)c1cccc(Oc2ccccc2)n1. The maximum atomic E-state index is 14.0. The van der Waals surface area contributed by atoms with Gasteiger partial charge in [0.05, 0.1) is 17.2 Å². The molecule has 0 aliphatic heterocycles. The molecule has 36 heavy (non-hydrogen) atoms. The second kappa shape index (κ2) is 11.4. The Morgan fingerprint density at radius 2 is 1.53 bits per heavy atom. The van der Waals surface area contributed by atoms with Crippen molar-refractivity contribution in [1.29, 1.82) is 5.26 Å². The van der Waals surface area contributed by atoms with Crippen molar-refractivity contribution in [3.05, 3.63) is 95.0 Å². The third-order valence-electron chi connectivity index (χ3n) is 5.03. The van der Waals surface area contributed by atoms with Crippen molar-refractivity contribution in [3.63, 3.8) is 0 Å². The molecule has 0 saturated carbocycles. The quantitative estimate of drug-likeness (QED) is 0.149. The number of esters is 1. The first-order chi connectivity index (χ1) is 17.1. The number of carbonyl (C=O) groups is 1. The fourth-order valence-electron chi connectivity index (χ4n) is 3.13. The number of benzene rings is 2. The largest absolute Gasteiger partial charge is 0.440 e. The number of nitriles is 1. The molecule has 10 heteroatoms. The summed E-state index contributed by atoms with van der Waals surface area (Å²) in [6, 6.07) is 15.0. The minimum Gasteiger partial charge on any atom is -0.440 e. The monoisotopic (exact) mass is 502 g/mol. The van der Waals surface area contributed by atoms with Crippen LogP contribution in [0.4, 0.5) is 22.0 Å². The molecule has 0 fully saturated rings. The number of carbonyl (C=O) groups excluding carboxylic acids is 1. The van der Waals surface area contributed by atoms with E-state index in [9.17, 15) is 32.0 Å². The van der Waals surface area contributed by atoms with Gasteiger partial charge in [-0.2, -0.15) is 5.26 Å². The van der Waals surface area contributed by atoms with Gasteiger partial charge in [-0.1, -0.05) is 50.3 Å². The zero-order valence-electron chi connectivity index (χ0n) is 19.0. The van der Waals surface area contributed by atoms with Crippen molar-refractivity contribution in [3.8, 4) is 17.7 Å². The Morgan fingerprint density at radius 1 is 0.917 bits per heavy atom. The minimum atomic E-state index is -2.29. The summed E-state index contributed by atoms with van der Waals surface area (Å²) in [5.41, 5.74) is -1.14. The molecular weight excluding hydrogens is 483 g/mol. The van der Waals surface area contributed by atoms with Gasteiger partial charge in [-0.05, 0) is 24.1 Å². The number of pyridine rings is 1. The molecule has 186 valence electrons. The predicted molar refractivity (Wildman–Crippen MR) is 119 cm³/mol. The van der Waals surface area contributed by atoms with E-state index in [1.165, 1.54) is 12.1 Å². The molecule has 2 atom stereocenters. The Kier molecular flexibility index (Phi) is 8.38. The number of halogens is 5. The van der Waals surface area contributed by atoms with E-state index in [0.29, 0.717) is 11.8 Å². The van der Waals surface area contributed by atoms with Gasteiger partial charge in [0.2, 0.25) is 17.8 Å². The zero-order valence-corrected chi connectivity index (χ0v) is 19.0. The van der Waals surface area contributed by atoms with Gasteiger partial charge in [-0.25, -0.2) is 26.9 Å². The molecule has 0 saturated heterocycles. The van der Waals surface area contributed by atoms with Crippen molar-refractivity contribution in [2.24, 2.45) is 11.8 Å². The van der Waals surface area contributed by atoms with Crippen LogP contribution >= 0.6 is 0 Å². The zero-order chi connectivity index (χ0) is 26.4. The number of hydrogen-bond acceptors (Lipinski definition) is 5. The normalized spacial score (nSPS) is 12.9. The molecule has 2 aromatic carbocycles. The summed E-state index contributed by atoms with van der Waals surface area (Å²) >= 11 is 0. The van der Waals surface area contributed by atoms with Gasteiger partial charge in [-0.15, -0.1) is 0 Å². The number of ether oxygens (including phenoxy) is 2. The predicted octanol–water partition coefficient (Wildman–Crippen LogP) is 6.66. The van der Waals surface area contributed by atoms with Crippen LogP contribution in [0.25, 0.3) is 6.08 Å². The molecule has 5 nitrogen and oxygen atoms in total. The van der Waals surface area contributed by atoms with E-state index in [-0.39, 0.29) is 11.6 Å². The Balaban J connectivity index is 1.82. The molecule has 1 heterocycles. The third-order valence-corrected chi connectivity index (χ3v) is 5.03. The lowest BCUT2D eigenvalue weighted by Crippen LogP contribution is -2.23. The summed E-state index contributed by atoms with van der Waals surface area (Å²) in [5.74, 6) is -12.6. The summed E-state index contributed by atoms with van der Waals surface area (Å²) in [6.45, 7) is 3.14. The minimum absolute atomic E-state index is 0.0607. The molecule has 0 aliphatic carbocycles. The average molecular weight is 502 g/mol. The number of hydrogen-bond donors (Lipinski definition) is 0. The first kappa shape index (κ1) is 26.3. The second-order valence-electron chi connectivity index (χ2n) is 7.87. The van der Waals surface area contributed by atoms with Gasteiger partial charge < -0.3 is 9.47 Å². The van der Waals surface area contributed by atoms with E-state index in [4.69, 9.17) is 9.47 Å². The summed E-state index contributed by atoms with van der Waals surface area (Å²) in [5, 5.41) is 9.55. The van der Waals surface area contributed by atoms with Crippen LogP contribution in [0.5, 0.6) is 11.6 Å². The summed E-state index contributed by atoms with van der Waals surface area (Å²) in [7, 11) is 0. The molecule has 0 amide bonds. The molecule has 3 aromatic rings. The van der Waals surface area contributed by atoms with E-state index in [1.54, 1.807) is 56.3 Å². The molecule has 1 aromatic heterocycles. The Hall–Kier alpha value is -4.26. The van der Waals surface area contributed by atoms with Crippen LogP contribution < -0.4 is 4.74 Å².